The molecule has 0 unspecified atom stereocenters. The van der Waals surface area contributed by atoms with Crippen molar-refractivity contribution < 1.29 is 9.18 Å². The third-order valence-electron chi connectivity index (χ3n) is 0.312. The molecule has 0 aromatic heterocycles. The quantitative estimate of drug-likeness (QED) is 0.369. The Balaban J connectivity index is 3.68. The molecule has 0 fully saturated rings. The summed E-state index contributed by atoms with van der Waals surface area (Å²) in [7, 11) is 0. The van der Waals surface area contributed by atoms with Crippen molar-refractivity contribution in [2.45, 2.75) is 6.92 Å². The molecule has 7 heavy (non-hydrogen) atoms. The fraction of sp³-hybridized carbons (Fsp3) is 0.250. The van der Waals surface area contributed by atoms with E-state index in [1.807, 2.05) is 0 Å². The molecule has 40 valence electrons. The third kappa shape index (κ3) is 6.07. The molecule has 0 bridgehead atoms. The molecule has 0 aliphatic heterocycles. The average molecular weight is 214 g/mol. The van der Waals surface area contributed by atoms with Crippen molar-refractivity contribution in [2.24, 2.45) is 0 Å². The Morgan fingerprint density at radius 2 is 2.29 bits per heavy atom. The predicted molar refractivity (Wildman–Crippen MR) is 33.9 cm³/mol. The zero-order chi connectivity index (χ0) is 5.86. The van der Waals surface area contributed by atoms with Crippen LogP contribution in [0.25, 0.3) is 0 Å². The molecular weight excluding hydrogens is 210 g/mol. The highest BCUT2D eigenvalue weighted by Crippen LogP contribution is 1.95. The minimum atomic E-state index is -0.445. The summed E-state index contributed by atoms with van der Waals surface area (Å²) >= 11 is 1.50. The molecule has 3 heteroatoms. The van der Waals surface area contributed by atoms with Gasteiger partial charge in [0.1, 0.15) is 5.83 Å². The Hall–Kier alpha value is 0.0700. The summed E-state index contributed by atoms with van der Waals surface area (Å²) in [6, 6.07) is 0. The summed E-state index contributed by atoms with van der Waals surface area (Å²) in [5.74, 6) is -0.445. The van der Waals surface area contributed by atoms with Gasteiger partial charge in [-0.05, 0) is 6.92 Å². The number of rotatable bonds is 1. The fourth-order valence-electron chi connectivity index (χ4n) is 0.156. The van der Waals surface area contributed by atoms with Gasteiger partial charge in [-0.2, -0.15) is 0 Å². The molecule has 0 saturated carbocycles. The predicted octanol–water partition coefficient (Wildman–Crippen LogP) is 1.82. The average Bonchev–Trinajstić information content (AvgIpc) is 1.27. The van der Waals surface area contributed by atoms with Crippen LogP contribution in [0.1, 0.15) is 6.92 Å². The van der Waals surface area contributed by atoms with E-state index >= 15 is 0 Å². The molecule has 0 amide bonds. The molecule has 0 saturated heterocycles. The van der Waals surface area contributed by atoms with Gasteiger partial charge in [0.05, 0.1) is 0 Å². The second kappa shape index (κ2) is 3.12. The van der Waals surface area contributed by atoms with E-state index in [0.717, 1.165) is 6.08 Å². The van der Waals surface area contributed by atoms with Crippen LogP contribution in [0.4, 0.5) is 4.39 Å². The smallest absolute Gasteiger partial charge is 0.217 e. The second-order valence-electron chi connectivity index (χ2n) is 1.04. The third-order valence-corrected chi connectivity index (χ3v) is 0.624. The molecule has 0 radical (unpaired) electrons. The molecule has 0 N–H and O–H groups in total. The molecule has 1 nitrogen and oxygen atoms in total. The van der Waals surface area contributed by atoms with Crippen LogP contribution in [-0.2, 0) is 4.79 Å². The van der Waals surface area contributed by atoms with Gasteiger partial charge in [-0.25, -0.2) is 4.39 Å². The lowest BCUT2D eigenvalue weighted by molar-refractivity contribution is -0.105. The lowest BCUT2D eigenvalue weighted by Crippen LogP contribution is -1.73. The van der Waals surface area contributed by atoms with Crippen LogP contribution in [0.5, 0.6) is 0 Å². The minimum absolute atomic E-state index is 0.280. The van der Waals surface area contributed by atoms with Gasteiger partial charge in [0, 0.05) is 28.7 Å². The van der Waals surface area contributed by atoms with Crippen LogP contribution in [0.3, 0.4) is 0 Å². The number of carbonyl (C=O) groups excluding carboxylic acids is 1. The van der Waals surface area contributed by atoms with Crippen molar-refractivity contribution in [1.29, 1.82) is 0 Å². The van der Waals surface area contributed by atoms with Gasteiger partial charge in [-0.15, -0.1) is 0 Å². The zero-order valence-electron chi connectivity index (χ0n) is 3.74. The normalized spacial score (nSPS) is 11.6. The van der Waals surface area contributed by atoms with Gasteiger partial charge >= 0.3 is 0 Å². The minimum Gasteiger partial charge on any atom is -0.283 e. The van der Waals surface area contributed by atoms with Gasteiger partial charge in [0.2, 0.25) is 3.79 Å². The maximum atomic E-state index is 11.6. The van der Waals surface area contributed by atoms with Crippen LogP contribution in [-0.4, -0.2) is 3.79 Å². The molecule has 0 aromatic carbocycles. The first-order valence-electron chi connectivity index (χ1n) is 1.66. The molecule has 0 spiro atoms. The Morgan fingerprint density at radius 3 is 2.29 bits per heavy atom. The number of hydrogen-bond donors (Lipinski definition) is 0. The highest BCUT2D eigenvalue weighted by Gasteiger charge is 1.86. The number of carbonyl (C=O) groups is 1. The Labute approximate surface area is 54.7 Å². The van der Waals surface area contributed by atoms with Crippen molar-refractivity contribution >= 4 is 26.4 Å². The summed E-state index contributed by atoms with van der Waals surface area (Å²) in [4.78, 5) is 9.92. The van der Waals surface area contributed by atoms with Crippen molar-refractivity contribution in [3.05, 3.63) is 11.9 Å². The molecule has 0 atom stereocenters. The van der Waals surface area contributed by atoms with Crippen LogP contribution >= 0.6 is 22.6 Å². The molecular formula is C4H4FIO. The highest BCUT2D eigenvalue weighted by molar-refractivity contribution is 14.1. The molecule has 0 heterocycles. The van der Waals surface area contributed by atoms with Crippen LogP contribution in [0.15, 0.2) is 11.9 Å². The van der Waals surface area contributed by atoms with Gasteiger partial charge in [0.15, 0.2) is 0 Å². The van der Waals surface area contributed by atoms with Crippen molar-refractivity contribution in [3.63, 3.8) is 0 Å². The first-order chi connectivity index (χ1) is 3.13. The zero-order valence-corrected chi connectivity index (χ0v) is 5.90. The van der Waals surface area contributed by atoms with Crippen molar-refractivity contribution in [2.75, 3.05) is 0 Å². The van der Waals surface area contributed by atoms with Crippen LogP contribution < -0.4 is 0 Å². The summed E-state index contributed by atoms with van der Waals surface area (Å²) in [5, 5.41) is 0. The van der Waals surface area contributed by atoms with E-state index in [1.165, 1.54) is 29.5 Å². The van der Waals surface area contributed by atoms with E-state index in [4.69, 9.17) is 0 Å². The SMILES string of the molecule is C/C(F)=C/C(=O)I. The second-order valence-corrected chi connectivity index (χ2v) is 2.10. The topological polar surface area (TPSA) is 17.1 Å². The first kappa shape index (κ1) is 7.07. The van der Waals surface area contributed by atoms with Gasteiger partial charge < -0.3 is 0 Å². The van der Waals surface area contributed by atoms with Crippen LogP contribution in [0, 0.1) is 0 Å². The number of halogens is 2. The maximum absolute atomic E-state index is 11.6. The van der Waals surface area contributed by atoms with Gasteiger partial charge in [-0.3, -0.25) is 4.79 Å². The van der Waals surface area contributed by atoms with Crippen molar-refractivity contribution in [1.82, 2.24) is 0 Å². The van der Waals surface area contributed by atoms with E-state index in [0.29, 0.717) is 0 Å². The Bertz CT molecular complexity index is 104. The van der Waals surface area contributed by atoms with Gasteiger partial charge in [0.25, 0.3) is 0 Å². The summed E-state index contributed by atoms with van der Waals surface area (Å²) in [6.45, 7) is 1.23. The number of allylic oxidation sites excluding steroid dienone is 2. The monoisotopic (exact) mass is 214 g/mol. The van der Waals surface area contributed by atoms with Gasteiger partial charge in [-0.1, -0.05) is 0 Å². The molecule has 0 aromatic rings. The van der Waals surface area contributed by atoms with Crippen LogP contribution in [0.2, 0.25) is 0 Å². The van der Waals surface area contributed by atoms with E-state index in [9.17, 15) is 9.18 Å². The maximum Gasteiger partial charge on any atom is 0.217 e. The first-order valence-corrected chi connectivity index (χ1v) is 2.74. The number of hydrogen-bond acceptors (Lipinski definition) is 1. The lowest BCUT2D eigenvalue weighted by Gasteiger charge is -1.74. The largest absolute Gasteiger partial charge is 0.283 e. The van der Waals surface area contributed by atoms with Crippen molar-refractivity contribution in [3.8, 4) is 0 Å². The van der Waals surface area contributed by atoms with E-state index in [1.54, 1.807) is 0 Å². The highest BCUT2D eigenvalue weighted by atomic mass is 127. The van der Waals surface area contributed by atoms with E-state index in [-0.39, 0.29) is 3.79 Å². The Morgan fingerprint density at radius 1 is 1.86 bits per heavy atom. The molecule has 0 rings (SSSR count). The molecule has 0 aliphatic rings. The summed E-state index contributed by atoms with van der Waals surface area (Å²) in [5.41, 5.74) is 0. The lowest BCUT2D eigenvalue weighted by atomic mass is 10.5. The van der Waals surface area contributed by atoms with E-state index in [2.05, 4.69) is 0 Å². The summed E-state index contributed by atoms with van der Waals surface area (Å²) in [6.07, 6.45) is 0.931. The standard InChI is InChI=1S/C4H4FIO/c1-3(5)2-4(6)7/h2H,1H3/b3-2-. The van der Waals surface area contributed by atoms with E-state index < -0.39 is 5.83 Å². The fourth-order valence-corrected chi connectivity index (χ4v) is 0.585. The summed E-state index contributed by atoms with van der Waals surface area (Å²) < 4.78 is 11.3. The Kier molecular flexibility index (Phi) is 3.15. The molecule has 0 aliphatic carbocycles.